The van der Waals surface area contributed by atoms with Gasteiger partial charge in [0.15, 0.2) is 5.76 Å². The molecule has 1 aliphatic rings. The Labute approximate surface area is 154 Å². The normalized spacial score (nSPS) is 14.9. The molecule has 7 heteroatoms. The van der Waals surface area contributed by atoms with Crippen molar-refractivity contribution in [3.63, 3.8) is 0 Å². The molecule has 5 nitrogen and oxygen atoms in total. The number of Topliss-reactive ketones (excluding diaryl/α,β-unsaturated/α-hetero) is 1. The summed E-state index contributed by atoms with van der Waals surface area (Å²) in [5.74, 6) is 0.313. The van der Waals surface area contributed by atoms with Crippen molar-refractivity contribution in [1.29, 1.82) is 0 Å². The van der Waals surface area contributed by atoms with Crippen LogP contribution in [0.1, 0.15) is 15.2 Å². The first-order valence-corrected chi connectivity index (χ1v) is 9.93. The molecule has 0 spiro atoms. The Balaban J connectivity index is 1.61. The van der Waals surface area contributed by atoms with Gasteiger partial charge in [-0.05, 0) is 35.7 Å². The van der Waals surface area contributed by atoms with Crippen LogP contribution in [0.3, 0.4) is 0 Å². The number of ketones is 1. The number of benzene rings is 2. The Hall–Kier alpha value is -2.90. The number of carbonyl (C=O) groups is 1. The molecule has 0 amide bonds. The fraction of sp³-hybridized carbons (Fsp3) is 0. The lowest BCUT2D eigenvalue weighted by Crippen LogP contribution is -2.09. The van der Waals surface area contributed by atoms with Crippen LogP contribution in [0, 0.1) is 0 Å². The fourth-order valence-electron chi connectivity index (χ4n) is 2.48. The first-order chi connectivity index (χ1) is 12.5. The first kappa shape index (κ1) is 16.6. The smallest absolute Gasteiger partial charge is 0.339 e. The fourth-order valence-corrected chi connectivity index (χ4v) is 4.07. The standard InChI is InChI=1S/C19H12O5S2/c20-19-16-9-8-13(24-26(21,22)15-6-2-1-3-7-15)11-17(16)23-18(19)12-14-5-4-10-25-14/h1-12H/b18-12-. The summed E-state index contributed by atoms with van der Waals surface area (Å²) < 4.78 is 35.4. The Morgan fingerprint density at radius 3 is 2.54 bits per heavy atom. The van der Waals surface area contributed by atoms with Crippen LogP contribution < -0.4 is 8.92 Å². The van der Waals surface area contributed by atoms with E-state index in [2.05, 4.69) is 0 Å². The number of hydrogen-bond acceptors (Lipinski definition) is 6. The number of hydrogen-bond donors (Lipinski definition) is 0. The third-order valence-electron chi connectivity index (χ3n) is 3.70. The summed E-state index contributed by atoms with van der Waals surface area (Å²) in [6.07, 6.45) is 1.66. The second-order valence-electron chi connectivity index (χ2n) is 5.46. The van der Waals surface area contributed by atoms with Crippen molar-refractivity contribution in [2.45, 2.75) is 4.90 Å². The Morgan fingerprint density at radius 2 is 1.81 bits per heavy atom. The number of carbonyl (C=O) groups excluding carboxylic acids is 1. The highest BCUT2D eigenvalue weighted by molar-refractivity contribution is 7.87. The highest BCUT2D eigenvalue weighted by atomic mass is 32.2. The maximum atomic E-state index is 12.4. The van der Waals surface area contributed by atoms with E-state index in [1.54, 1.807) is 24.3 Å². The van der Waals surface area contributed by atoms with Crippen molar-refractivity contribution in [1.82, 2.24) is 0 Å². The SMILES string of the molecule is O=C1/C(=C/c2cccs2)Oc2cc(OS(=O)(=O)c3ccccc3)ccc21. The van der Waals surface area contributed by atoms with Crippen molar-refractivity contribution in [3.8, 4) is 11.5 Å². The first-order valence-electron chi connectivity index (χ1n) is 7.64. The van der Waals surface area contributed by atoms with Gasteiger partial charge in [-0.3, -0.25) is 4.79 Å². The van der Waals surface area contributed by atoms with Gasteiger partial charge in [0.05, 0.1) is 5.56 Å². The minimum absolute atomic E-state index is 0.0516. The zero-order valence-corrected chi connectivity index (χ0v) is 14.9. The minimum atomic E-state index is -3.95. The van der Waals surface area contributed by atoms with Gasteiger partial charge in [0.1, 0.15) is 16.4 Å². The molecule has 0 unspecified atom stereocenters. The Kier molecular flexibility index (Phi) is 4.10. The van der Waals surface area contributed by atoms with Crippen molar-refractivity contribution in [3.05, 3.63) is 82.2 Å². The lowest BCUT2D eigenvalue weighted by Gasteiger charge is -2.07. The van der Waals surface area contributed by atoms with E-state index in [0.29, 0.717) is 5.56 Å². The molecule has 0 aliphatic carbocycles. The lowest BCUT2D eigenvalue weighted by atomic mass is 10.1. The van der Waals surface area contributed by atoms with Gasteiger partial charge in [0.25, 0.3) is 0 Å². The molecule has 1 aliphatic heterocycles. The van der Waals surface area contributed by atoms with Gasteiger partial charge in [-0.2, -0.15) is 8.42 Å². The number of fused-ring (bicyclic) bond motifs is 1. The molecule has 0 fully saturated rings. The van der Waals surface area contributed by atoms with Crippen LogP contribution in [-0.2, 0) is 10.1 Å². The van der Waals surface area contributed by atoms with E-state index >= 15 is 0 Å². The van der Waals surface area contributed by atoms with Gasteiger partial charge in [0, 0.05) is 17.0 Å². The van der Waals surface area contributed by atoms with Crippen LogP contribution in [-0.4, -0.2) is 14.2 Å². The van der Waals surface area contributed by atoms with Crippen LogP contribution in [0.2, 0.25) is 0 Å². The van der Waals surface area contributed by atoms with Crippen LogP contribution in [0.5, 0.6) is 11.5 Å². The predicted octanol–water partition coefficient (Wildman–Crippen LogP) is 4.13. The van der Waals surface area contributed by atoms with E-state index in [-0.39, 0.29) is 27.9 Å². The molecule has 2 heterocycles. The number of allylic oxidation sites excluding steroid dienone is 1. The molecular formula is C19H12O5S2. The van der Waals surface area contributed by atoms with Gasteiger partial charge in [-0.15, -0.1) is 11.3 Å². The van der Waals surface area contributed by atoms with Crippen LogP contribution in [0.4, 0.5) is 0 Å². The lowest BCUT2D eigenvalue weighted by molar-refractivity contribution is 0.101. The van der Waals surface area contributed by atoms with Gasteiger partial charge in [-0.1, -0.05) is 24.3 Å². The third-order valence-corrected chi connectivity index (χ3v) is 5.78. The molecule has 2 aromatic carbocycles. The Morgan fingerprint density at radius 1 is 1.00 bits per heavy atom. The molecule has 0 bridgehead atoms. The van der Waals surface area contributed by atoms with Crippen molar-refractivity contribution in [2.24, 2.45) is 0 Å². The summed E-state index contributed by atoms with van der Waals surface area (Å²) in [4.78, 5) is 13.3. The topological polar surface area (TPSA) is 69.7 Å². The van der Waals surface area contributed by atoms with Crippen molar-refractivity contribution < 1.29 is 22.1 Å². The van der Waals surface area contributed by atoms with Crippen LogP contribution in [0.15, 0.2) is 76.7 Å². The molecule has 0 radical (unpaired) electrons. The molecular weight excluding hydrogens is 372 g/mol. The summed E-state index contributed by atoms with van der Waals surface area (Å²) in [6.45, 7) is 0. The molecule has 3 aromatic rings. The molecule has 26 heavy (non-hydrogen) atoms. The monoisotopic (exact) mass is 384 g/mol. The van der Waals surface area contributed by atoms with E-state index in [1.165, 1.54) is 41.7 Å². The minimum Gasteiger partial charge on any atom is -0.452 e. The summed E-state index contributed by atoms with van der Waals surface area (Å²) in [7, 11) is -3.95. The molecule has 130 valence electrons. The van der Waals surface area contributed by atoms with E-state index in [4.69, 9.17) is 8.92 Å². The molecule has 0 saturated heterocycles. The highest BCUT2D eigenvalue weighted by Gasteiger charge is 2.28. The summed E-state index contributed by atoms with van der Waals surface area (Å²) >= 11 is 1.49. The quantitative estimate of drug-likeness (QED) is 0.500. The second kappa shape index (κ2) is 6.44. The van der Waals surface area contributed by atoms with E-state index in [9.17, 15) is 13.2 Å². The summed E-state index contributed by atoms with van der Waals surface area (Å²) in [6, 6.07) is 15.9. The van der Waals surface area contributed by atoms with Gasteiger partial charge < -0.3 is 8.92 Å². The largest absolute Gasteiger partial charge is 0.452 e. The Bertz CT molecular complexity index is 1100. The third kappa shape index (κ3) is 3.14. The molecule has 4 rings (SSSR count). The number of rotatable bonds is 4. The van der Waals surface area contributed by atoms with Gasteiger partial charge in [0.2, 0.25) is 5.78 Å². The van der Waals surface area contributed by atoms with Gasteiger partial charge in [-0.25, -0.2) is 0 Å². The maximum Gasteiger partial charge on any atom is 0.339 e. The van der Waals surface area contributed by atoms with E-state index in [0.717, 1.165) is 4.88 Å². The van der Waals surface area contributed by atoms with E-state index in [1.807, 2.05) is 17.5 Å². The highest BCUT2D eigenvalue weighted by Crippen LogP contribution is 2.36. The van der Waals surface area contributed by atoms with Crippen molar-refractivity contribution >= 4 is 33.3 Å². The molecule has 1 aromatic heterocycles. The van der Waals surface area contributed by atoms with E-state index < -0.39 is 10.1 Å². The number of ether oxygens (including phenoxy) is 1. The van der Waals surface area contributed by atoms with Gasteiger partial charge >= 0.3 is 10.1 Å². The predicted molar refractivity (Wildman–Crippen MR) is 98.0 cm³/mol. The molecule has 0 atom stereocenters. The summed E-state index contributed by atoms with van der Waals surface area (Å²) in [5, 5.41) is 1.90. The molecule has 0 saturated carbocycles. The maximum absolute atomic E-state index is 12.4. The molecule has 0 N–H and O–H groups in total. The number of thiophene rings is 1. The second-order valence-corrected chi connectivity index (χ2v) is 7.99. The average Bonchev–Trinajstić information content (AvgIpc) is 3.24. The zero-order valence-electron chi connectivity index (χ0n) is 13.3. The average molecular weight is 384 g/mol. The van der Waals surface area contributed by atoms with Crippen molar-refractivity contribution in [2.75, 3.05) is 0 Å². The van der Waals surface area contributed by atoms with Crippen LogP contribution >= 0.6 is 11.3 Å². The zero-order chi connectivity index (χ0) is 18.1. The summed E-state index contributed by atoms with van der Waals surface area (Å²) in [5.41, 5.74) is 0.372. The van der Waals surface area contributed by atoms with Crippen LogP contribution in [0.25, 0.3) is 6.08 Å².